The maximum absolute atomic E-state index is 11.8. The van der Waals surface area contributed by atoms with Gasteiger partial charge in [-0.2, -0.15) is 0 Å². The zero-order valence-electron chi connectivity index (χ0n) is 14.4. The summed E-state index contributed by atoms with van der Waals surface area (Å²) in [4.78, 5) is 23.1. The van der Waals surface area contributed by atoms with Crippen molar-refractivity contribution in [3.63, 3.8) is 0 Å². The molecule has 140 valence electrons. The molecule has 1 amide bonds. The number of ether oxygens (including phenoxy) is 1. The molecule has 1 aromatic carbocycles. The highest BCUT2D eigenvalue weighted by molar-refractivity contribution is 5.85. The molecule has 2 unspecified atom stereocenters. The van der Waals surface area contributed by atoms with Crippen LogP contribution in [0.1, 0.15) is 24.8 Å². The van der Waals surface area contributed by atoms with Gasteiger partial charge in [0, 0.05) is 0 Å². The van der Waals surface area contributed by atoms with Crippen molar-refractivity contribution >= 4 is 24.5 Å². The number of hydrogen-bond acceptors (Lipinski definition) is 4. The maximum atomic E-state index is 11.8. The molecule has 0 spiro atoms. The topological polar surface area (TPSA) is 87.7 Å². The van der Waals surface area contributed by atoms with Gasteiger partial charge in [0.1, 0.15) is 12.6 Å². The van der Waals surface area contributed by atoms with Gasteiger partial charge in [0.05, 0.1) is 0 Å². The van der Waals surface area contributed by atoms with Gasteiger partial charge < -0.3 is 20.5 Å². The normalized spacial score (nSPS) is 12.4. The van der Waals surface area contributed by atoms with Crippen LogP contribution in [0.2, 0.25) is 0 Å². The largest absolute Gasteiger partial charge is 0.480 e. The minimum atomic E-state index is -1.06. The van der Waals surface area contributed by atoms with Crippen molar-refractivity contribution in [3.05, 3.63) is 48.6 Å². The van der Waals surface area contributed by atoms with E-state index < -0.39 is 18.1 Å². The quantitative estimate of drug-likeness (QED) is 0.521. The third kappa shape index (κ3) is 9.74. The van der Waals surface area contributed by atoms with Crippen molar-refractivity contribution in [1.82, 2.24) is 10.6 Å². The lowest BCUT2D eigenvalue weighted by Crippen LogP contribution is -2.41. The monoisotopic (exact) mass is 370 g/mol. The number of benzene rings is 1. The minimum absolute atomic E-state index is 0. The third-order valence-corrected chi connectivity index (χ3v) is 3.66. The summed E-state index contributed by atoms with van der Waals surface area (Å²) in [6, 6.07) is 8.27. The number of rotatable bonds is 11. The van der Waals surface area contributed by atoms with E-state index in [9.17, 15) is 14.7 Å². The van der Waals surface area contributed by atoms with Crippen LogP contribution >= 0.6 is 12.4 Å². The van der Waals surface area contributed by atoms with Crippen LogP contribution in [0.3, 0.4) is 0 Å². The Balaban J connectivity index is 0.00000576. The molecule has 25 heavy (non-hydrogen) atoms. The Kier molecular flexibility index (Phi) is 12.2. The number of allylic oxidation sites excluding steroid dienone is 1. The van der Waals surface area contributed by atoms with Crippen LogP contribution in [0.25, 0.3) is 0 Å². The molecule has 0 bridgehead atoms. The molecule has 0 aliphatic heterocycles. The molecule has 0 aliphatic carbocycles. The van der Waals surface area contributed by atoms with Crippen LogP contribution in [0, 0.1) is 5.92 Å². The molecule has 3 N–H and O–H groups in total. The number of hydrogen-bond donors (Lipinski definition) is 3. The molecule has 0 aliphatic rings. The van der Waals surface area contributed by atoms with Gasteiger partial charge in [0.15, 0.2) is 0 Å². The van der Waals surface area contributed by atoms with E-state index in [0.717, 1.165) is 18.5 Å². The van der Waals surface area contributed by atoms with Crippen LogP contribution in [0.15, 0.2) is 43.0 Å². The van der Waals surface area contributed by atoms with Crippen LogP contribution in [0.4, 0.5) is 4.79 Å². The highest BCUT2D eigenvalue weighted by Gasteiger charge is 2.22. The van der Waals surface area contributed by atoms with Gasteiger partial charge >= 0.3 is 12.1 Å². The molecule has 0 fully saturated rings. The second kappa shape index (κ2) is 13.3. The highest BCUT2D eigenvalue weighted by atomic mass is 35.5. The average Bonchev–Trinajstić information content (AvgIpc) is 2.57. The van der Waals surface area contributed by atoms with Crippen LogP contribution < -0.4 is 10.6 Å². The number of alkyl carbamates (subject to hydrolysis) is 1. The molecule has 0 heterocycles. The summed E-state index contributed by atoms with van der Waals surface area (Å²) in [5.41, 5.74) is 0.847. The summed E-state index contributed by atoms with van der Waals surface area (Å²) in [5.74, 6) is -0.773. The van der Waals surface area contributed by atoms with Gasteiger partial charge in [0.25, 0.3) is 0 Å². The number of carbonyl (C=O) groups is 2. The summed E-state index contributed by atoms with van der Waals surface area (Å²) in [6.45, 7) is 4.60. The number of carbonyl (C=O) groups excluding carboxylic acids is 1. The van der Waals surface area contributed by atoms with E-state index >= 15 is 0 Å². The first-order valence-corrected chi connectivity index (χ1v) is 8.02. The van der Waals surface area contributed by atoms with E-state index in [-0.39, 0.29) is 24.9 Å². The van der Waals surface area contributed by atoms with E-state index in [1.165, 1.54) is 0 Å². The Bertz CT molecular complexity index is 525. The molecular weight excluding hydrogens is 344 g/mol. The van der Waals surface area contributed by atoms with Crippen molar-refractivity contribution in [2.75, 3.05) is 13.6 Å². The van der Waals surface area contributed by atoms with Gasteiger partial charge in [-0.05, 0) is 44.3 Å². The van der Waals surface area contributed by atoms with Crippen LogP contribution in [-0.4, -0.2) is 36.8 Å². The third-order valence-electron chi connectivity index (χ3n) is 3.66. The summed E-state index contributed by atoms with van der Waals surface area (Å²) >= 11 is 0. The van der Waals surface area contributed by atoms with Gasteiger partial charge in [-0.25, -0.2) is 9.59 Å². The SMILES string of the molecule is C=CCC(CCC(NC(=O)OCc1ccccc1)C(=O)O)CNC.Cl. The summed E-state index contributed by atoms with van der Waals surface area (Å²) < 4.78 is 5.07. The van der Waals surface area contributed by atoms with Gasteiger partial charge in [-0.3, -0.25) is 0 Å². The highest BCUT2D eigenvalue weighted by Crippen LogP contribution is 2.13. The number of halogens is 1. The van der Waals surface area contributed by atoms with Gasteiger partial charge in [0.2, 0.25) is 0 Å². The van der Waals surface area contributed by atoms with Gasteiger partial charge in [-0.15, -0.1) is 19.0 Å². The smallest absolute Gasteiger partial charge is 0.408 e. The first kappa shape index (κ1) is 22.9. The van der Waals surface area contributed by atoms with E-state index in [4.69, 9.17) is 4.74 Å². The molecule has 2 atom stereocenters. The summed E-state index contributed by atoms with van der Waals surface area (Å²) in [6.07, 6.45) is 2.91. The van der Waals surface area contributed by atoms with Crippen molar-refractivity contribution in [2.45, 2.75) is 31.9 Å². The zero-order chi connectivity index (χ0) is 17.8. The molecule has 1 rings (SSSR count). The van der Waals surface area contributed by atoms with Crippen LogP contribution in [-0.2, 0) is 16.1 Å². The number of carboxylic acid groups (broad SMARTS) is 1. The summed E-state index contributed by atoms with van der Waals surface area (Å²) in [7, 11) is 1.85. The molecule has 6 nitrogen and oxygen atoms in total. The molecule has 0 saturated heterocycles. The lowest BCUT2D eigenvalue weighted by atomic mass is 9.96. The fraction of sp³-hybridized carbons (Fsp3) is 0.444. The van der Waals surface area contributed by atoms with Crippen molar-refractivity contribution in [3.8, 4) is 0 Å². The standard InChI is InChI=1S/C18H26N2O4.ClH/c1-3-7-14(12-19-2)10-11-16(17(21)22)20-18(23)24-13-15-8-5-4-6-9-15;/h3-6,8-9,14,16,19H,1,7,10-13H2,2H3,(H,20,23)(H,21,22);1H. The van der Waals surface area contributed by atoms with E-state index in [2.05, 4.69) is 17.2 Å². The Morgan fingerprint density at radius 1 is 1.28 bits per heavy atom. The Labute approximate surface area is 155 Å². The Morgan fingerprint density at radius 3 is 2.52 bits per heavy atom. The molecular formula is C18H27ClN2O4. The first-order valence-electron chi connectivity index (χ1n) is 8.02. The Morgan fingerprint density at radius 2 is 1.96 bits per heavy atom. The second-order valence-corrected chi connectivity index (χ2v) is 5.62. The molecule has 7 heteroatoms. The number of aliphatic carboxylic acids is 1. The lowest BCUT2D eigenvalue weighted by Gasteiger charge is -2.19. The van der Waals surface area contributed by atoms with Gasteiger partial charge in [-0.1, -0.05) is 36.4 Å². The molecule has 0 radical (unpaired) electrons. The molecule has 0 saturated carbocycles. The molecule has 1 aromatic rings. The maximum Gasteiger partial charge on any atom is 0.408 e. The van der Waals surface area contributed by atoms with Crippen LogP contribution in [0.5, 0.6) is 0 Å². The number of amides is 1. The van der Waals surface area contributed by atoms with E-state index in [1.807, 2.05) is 43.5 Å². The fourth-order valence-corrected chi connectivity index (χ4v) is 2.39. The van der Waals surface area contributed by atoms with E-state index in [1.54, 1.807) is 0 Å². The summed E-state index contributed by atoms with van der Waals surface area (Å²) in [5, 5.41) is 14.8. The molecule has 0 aromatic heterocycles. The predicted molar refractivity (Wildman–Crippen MR) is 99.9 cm³/mol. The van der Waals surface area contributed by atoms with Crippen molar-refractivity contribution in [1.29, 1.82) is 0 Å². The van der Waals surface area contributed by atoms with Crippen molar-refractivity contribution < 1.29 is 19.4 Å². The predicted octanol–water partition coefficient (Wildman–Crippen LogP) is 2.98. The number of nitrogens with one attached hydrogen (secondary N) is 2. The fourth-order valence-electron chi connectivity index (χ4n) is 2.39. The van der Waals surface area contributed by atoms with E-state index in [0.29, 0.717) is 12.8 Å². The lowest BCUT2D eigenvalue weighted by molar-refractivity contribution is -0.139. The Hall–Kier alpha value is -2.05. The number of carboxylic acids is 1. The minimum Gasteiger partial charge on any atom is -0.480 e. The first-order chi connectivity index (χ1) is 11.6. The van der Waals surface area contributed by atoms with Crippen molar-refractivity contribution in [2.24, 2.45) is 5.92 Å². The zero-order valence-corrected chi connectivity index (χ0v) is 15.3. The average molecular weight is 371 g/mol. The second-order valence-electron chi connectivity index (χ2n) is 5.62.